The molecule has 1 aromatic heterocycles. The van der Waals surface area contributed by atoms with E-state index in [1.54, 1.807) is 7.11 Å². The Morgan fingerprint density at radius 2 is 2.00 bits per heavy atom. The van der Waals surface area contributed by atoms with Gasteiger partial charge in [0.15, 0.2) is 0 Å². The molecule has 0 atom stereocenters. The van der Waals surface area contributed by atoms with Gasteiger partial charge in [-0.1, -0.05) is 6.07 Å². The van der Waals surface area contributed by atoms with Crippen LogP contribution in [0.25, 0.3) is 0 Å². The van der Waals surface area contributed by atoms with Crippen LogP contribution in [0.1, 0.15) is 17.7 Å². The Kier molecular flexibility index (Phi) is 6.30. The molecule has 1 fully saturated rings. The lowest BCUT2D eigenvalue weighted by molar-refractivity contribution is 0.177. The maximum absolute atomic E-state index is 12.0. The van der Waals surface area contributed by atoms with Crippen LogP contribution in [0, 0.1) is 5.92 Å². The first-order valence-electron chi connectivity index (χ1n) is 8.66. The van der Waals surface area contributed by atoms with Gasteiger partial charge in [0.1, 0.15) is 5.75 Å². The van der Waals surface area contributed by atoms with Crippen LogP contribution < -0.4 is 15.4 Å². The van der Waals surface area contributed by atoms with Crippen molar-refractivity contribution in [1.82, 2.24) is 10.2 Å². The quantitative estimate of drug-likeness (QED) is 0.825. The Balaban J connectivity index is 1.35. The van der Waals surface area contributed by atoms with Crippen molar-refractivity contribution in [3.8, 4) is 5.75 Å². The van der Waals surface area contributed by atoms with Gasteiger partial charge in [0.05, 0.1) is 7.11 Å². The van der Waals surface area contributed by atoms with Crippen LogP contribution in [-0.2, 0) is 6.54 Å². The Labute approximate surface area is 153 Å². The number of nitrogens with one attached hydrogen (secondary N) is 2. The van der Waals surface area contributed by atoms with E-state index < -0.39 is 0 Å². The molecule has 2 aromatic rings. The summed E-state index contributed by atoms with van der Waals surface area (Å²) in [4.78, 5) is 15.9. The van der Waals surface area contributed by atoms with Crippen molar-refractivity contribution < 1.29 is 9.53 Å². The van der Waals surface area contributed by atoms with Gasteiger partial charge in [0, 0.05) is 23.7 Å². The second kappa shape index (κ2) is 8.87. The topological polar surface area (TPSA) is 53.6 Å². The zero-order valence-corrected chi connectivity index (χ0v) is 15.3. The highest BCUT2D eigenvalue weighted by molar-refractivity contribution is 7.09. The van der Waals surface area contributed by atoms with E-state index in [1.807, 2.05) is 35.6 Å². The van der Waals surface area contributed by atoms with Crippen molar-refractivity contribution in [1.29, 1.82) is 0 Å². The number of nitrogens with zero attached hydrogens (tertiary/aromatic N) is 1. The lowest BCUT2D eigenvalue weighted by atomic mass is 9.97. The van der Waals surface area contributed by atoms with Gasteiger partial charge in [0.25, 0.3) is 0 Å². The highest BCUT2D eigenvalue weighted by atomic mass is 32.1. The van der Waals surface area contributed by atoms with Crippen molar-refractivity contribution in [3.63, 3.8) is 0 Å². The van der Waals surface area contributed by atoms with Crippen molar-refractivity contribution >= 4 is 23.1 Å². The molecular weight excluding hydrogens is 334 g/mol. The lowest BCUT2D eigenvalue weighted by Gasteiger charge is -2.31. The molecule has 1 aromatic carbocycles. The number of anilines is 1. The zero-order chi connectivity index (χ0) is 17.5. The molecule has 0 unspecified atom stereocenters. The zero-order valence-electron chi connectivity index (χ0n) is 14.5. The number of likely N-dealkylation sites (tertiary alicyclic amines) is 1. The van der Waals surface area contributed by atoms with E-state index in [4.69, 9.17) is 4.74 Å². The monoisotopic (exact) mass is 359 g/mol. The van der Waals surface area contributed by atoms with Crippen LogP contribution in [0.15, 0.2) is 41.8 Å². The fraction of sp³-hybridized carbons (Fsp3) is 0.421. The van der Waals surface area contributed by atoms with Crippen LogP contribution in [0.2, 0.25) is 0 Å². The van der Waals surface area contributed by atoms with Crippen LogP contribution in [0.5, 0.6) is 5.75 Å². The lowest BCUT2D eigenvalue weighted by Crippen LogP contribution is -2.39. The number of amides is 2. The standard InChI is InChI=1S/C19H25N3O2S/c1-24-17-6-4-16(5-7-17)21-19(23)20-13-15-8-10-22(11-9-15)14-18-3-2-12-25-18/h2-7,12,15H,8-11,13-14H2,1H3,(H2,20,21,23). The van der Waals surface area contributed by atoms with E-state index in [0.29, 0.717) is 5.92 Å². The number of carbonyl (C=O) groups excluding carboxylic acids is 1. The SMILES string of the molecule is COc1ccc(NC(=O)NCC2CCN(Cc3cccs3)CC2)cc1. The Morgan fingerprint density at radius 3 is 2.64 bits per heavy atom. The highest BCUT2D eigenvalue weighted by Gasteiger charge is 2.20. The molecule has 1 aliphatic rings. The summed E-state index contributed by atoms with van der Waals surface area (Å²) in [6, 6.07) is 11.5. The van der Waals surface area contributed by atoms with Gasteiger partial charge >= 0.3 is 6.03 Å². The first-order valence-corrected chi connectivity index (χ1v) is 9.54. The number of ether oxygens (including phenoxy) is 1. The summed E-state index contributed by atoms with van der Waals surface area (Å²) in [5.74, 6) is 1.33. The minimum atomic E-state index is -0.147. The predicted molar refractivity (Wildman–Crippen MR) is 102 cm³/mol. The molecule has 3 rings (SSSR count). The summed E-state index contributed by atoms with van der Waals surface area (Å²) in [5, 5.41) is 7.98. The van der Waals surface area contributed by atoms with E-state index in [-0.39, 0.29) is 6.03 Å². The average molecular weight is 359 g/mol. The number of hydrogen-bond donors (Lipinski definition) is 2. The fourth-order valence-corrected chi connectivity index (χ4v) is 3.80. The average Bonchev–Trinajstić information content (AvgIpc) is 3.15. The van der Waals surface area contributed by atoms with Gasteiger partial charge in [-0.05, 0) is 67.6 Å². The molecule has 0 radical (unpaired) electrons. The number of methoxy groups -OCH3 is 1. The molecule has 2 heterocycles. The van der Waals surface area contributed by atoms with Crippen LogP contribution >= 0.6 is 11.3 Å². The molecular formula is C19H25N3O2S. The van der Waals surface area contributed by atoms with Gasteiger partial charge < -0.3 is 15.4 Å². The molecule has 25 heavy (non-hydrogen) atoms. The number of piperidine rings is 1. The maximum Gasteiger partial charge on any atom is 0.319 e. The first kappa shape index (κ1) is 17.8. The summed E-state index contributed by atoms with van der Waals surface area (Å²) in [7, 11) is 1.63. The van der Waals surface area contributed by atoms with Gasteiger partial charge in [-0.2, -0.15) is 0 Å². The summed E-state index contributed by atoms with van der Waals surface area (Å²) in [6.07, 6.45) is 2.27. The molecule has 1 aliphatic heterocycles. The van der Waals surface area contributed by atoms with E-state index >= 15 is 0 Å². The normalized spacial score (nSPS) is 15.7. The number of benzene rings is 1. The smallest absolute Gasteiger partial charge is 0.319 e. The van der Waals surface area contributed by atoms with Gasteiger partial charge in [-0.15, -0.1) is 11.3 Å². The predicted octanol–water partition coefficient (Wildman–Crippen LogP) is 3.79. The molecule has 0 spiro atoms. The molecule has 2 amide bonds. The largest absolute Gasteiger partial charge is 0.497 e. The Morgan fingerprint density at radius 1 is 1.24 bits per heavy atom. The van der Waals surface area contributed by atoms with E-state index in [1.165, 1.54) is 4.88 Å². The van der Waals surface area contributed by atoms with Crippen molar-refractivity contribution in [3.05, 3.63) is 46.7 Å². The molecule has 2 N–H and O–H groups in total. The molecule has 5 nitrogen and oxygen atoms in total. The summed E-state index contributed by atoms with van der Waals surface area (Å²) >= 11 is 1.82. The van der Waals surface area contributed by atoms with Gasteiger partial charge in [-0.25, -0.2) is 4.79 Å². The number of thiophene rings is 1. The second-order valence-corrected chi connectivity index (χ2v) is 7.39. The van der Waals surface area contributed by atoms with Crippen LogP contribution in [0.4, 0.5) is 10.5 Å². The molecule has 134 valence electrons. The minimum Gasteiger partial charge on any atom is -0.497 e. The van der Waals surface area contributed by atoms with Crippen LogP contribution in [-0.4, -0.2) is 37.7 Å². The van der Waals surface area contributed by atoms with Crippen molar-refractivity contribution in [2.45, 2.75) is 19.4 Å². The van der Waals surface area contributed by atoms with E-state index in [9.17, 15) is 4.79 Å². The van der Waals surface area contributed by atoms with Crippen molar-refractivity contribution in [2.75, 3.05) is 32.1 Å². The Bertz CT molecular complexity index is 650. The highest BCUT2D eigenvalue weighted by Crippen LogP contribution is 2.20. The summed E-state index contributed by atoms with van der Waals surface area (Å²) in [5.41, 5.74) is 0.768. The van der Waals surface area contributed by atoms with Crippen molar-refractivity contribution in [2.24, 2.45) is 5.92 Å². The molecule has 0 bridgehead atoms. The minimum absolute atomic E-state index is 0.147. The third-order valence-electron chi connectivity index (χ3n) is 4.57. The van der Waals surface area contributed by atoms with E-state index in [0.717, 1.165) is 50.5 Å². The third-order valence-corrected chi connectivity index (χ3v) is 5.43. The molecule has 0 aliphatic carbocycles. The summed E-state index contributed by atoms with van der Waals surface area (Å²) in [6.45, 7) is 3.99. The molecule has 6 heteroatoms. The number of carbonyl (C=O) groups is 1. The number of rotatable bonds is 6. The van der Waals surface area contributed by atoms with Gasteiger partial charge in [-0.3, -0.25) is 4.90 Å². The number of hydrogen-bond acceptors (Lipinski definition) is 4. The maximum atomic E-state index is 12.0. The first-order chi connectivity index (χ1) is 12.2. The molecule has 1 saturated heterocycles. The fourth-order valence-electron chi connectivity index (χ4n) is 3.06. The third kappa shape index (κ3) is 5.47. The Hall–Kier alpha value is -2.05. The van der Waals surface area contributed by atoms with Gasteiger partial charge in [0.2, 0.25) is 0 Å². The van der Waals surface area contributed by atoms with E-state index in [2.05, 4.69) is 33.0 Å². The second-order valence-electron chi connectivity index (χ2n) is 6.36. The molecule has 0 saturated carbocycles. The summed E-state index contributed by atoms with van der Waals surface area (Å²) < 4.78 is 5.11. The van der Waals surface area contributed by atoms with Crippen LogP contribution in [0.3, 0.4) is 0 Å². The number of urea groups is 1.